The summed E-state index contributed by atoms with van der Waals surface area (Å²) in [6.07, 6.45) is 0.581. The molecule has 1 aliphatic heterocycles. The molecule has 1 aliphatic rings. The molecule has 1 N–H and O–H groups in total. The SMILES string of the molecule is CC(C)(C)C(=O)N1CC[C@H]1C(=O)O. The second-order valence-electron chi connectivity index (χ2n) is 4.39. The van der Waals surface area contributed by atoms with Gasteiger partial charge in [0, 0.05) is 12.0 Å². The molecular weight excluding hydrogens is 170 g/mol. The molecule has 0 aliphatic carbocycles. The third kappa shape index (κ3) is 1.82. The van der Waals surface area contributed by atoms with Crippen molar-refractivity contribution in [3.8, 4) is 0 Å². The molecule has 4 heteroatoms. The van der Waals surface area contributed by atoms with Crippen molar-refractivity contribution >= 4 is 11.9 Å². The largest absolute Gasteiger partial charge is 0.480 e. The summed E-state index contributed by atoms with van der Waals surface area (Å²) in [6, 6.07) is -0.591. The zero-order valence-electron chi connectivity index (χ0n) is 8.20. The summed E-state index contributed by atoms with van der Waals surface area (Å²) >= 11 is 0. The number of rotatable bonds is 1. The Balaban J connectivity index is 2.65. The van der Waals surface area contributed by atoms with E-state index in [0.29, 0.717) is 13.0 Å². The molecule has 0 unspecified atom stereocenters. The lowest BCUT2D eigenvalue weighted by molar-refractivity contribution is -0.161. The van der Waals surface area contributed by atoms with Crippen molar-refractivity contribution in [3.05, 3.63) is 0 Å². The van der Waals surface area contributed by atoms with E-state index in [9.17, 15) is 9.59 Å². The second kappa shape index (κ2) is 3.01. The molecule has 1 amide bonds. The van der Waals surface area contributed by atoms with Gasteiger partial charge < -0.3 is 10.0 Å². The molecule has 1 atom stereocenters. The number of hydrogen-bond acceptors (Lipinski definition) is 2. The molecule has 0 aromatic carbocycles. The highest BCUT2D eigenvalue weighted by atomic mass is 16.4. The van der Waals surface area contributed by atoms with Crippen molar-refractivity contribution in [2.24, 2.45) is 5.41 Å². The molecule has 1 heterocycles. The maximum Gasteiger partial charge on any atom is 0.326 e. The smallest absolute Gasteiger partial charge is 0.326 e. The summed E-state index contributed by atoms with van der Waals surface area (Å²) in [5, 5.41) is 8.72. The molecule has 4 nitrogen and oxygen atoms in total. The number of nitrogens with zero attached hydrogens (tertiary/aromatic N) is 1. The summed E-state index contributed by atoms with van der Waals surface area (Å²) in [5.74, 6) is -0.977. The van der Waals surface area contributed by atoms with Crippen molar-refractivity contribution in [1.29, 1.82) is 0 Å². The molecule has 1 fully saturated rings. The first-order chi connectivity index (χ1) is 5.84. The Morgan fingerprint density at radius 3 is 2.15 bits per heavy atom. The average molecular weight is 185 g/mol. The van der Waals surface area contributed by atoms with Crippen LogP contribution in [0.3, 0.4) is 0 Å². The normalized spacial score (nSPS) is 22.4. The molecule has 13 heavy (non-hydrogen) atoms. The fourth-order valence-corrected chi connectivity index (χ4v) is 1.32. The van der Waals surface area contributed by atoms with Crippen LogP contribution in [0.15, 0.2) is 0 Å². The number of aliphatic carboxylic acids is 1. The van der Waals surface area contributed by atoms with E-state index in [1.807, 2.05) is 0 Å². The van der Waals surface area contributed by atoms with Crippen LogP contribution >= 0.6 is 0 Å². The van der Waals surface area contributed by atoms with Gasteiger partial charge in [0.15, 0.2) is 0 Å². The Hall–Kier alpha value is -1.06. The van der Waals surface area contributed by atoms with Crippen LogP contribution in [-0.4, -0.2) is 34.5 Å². The molecule has 0 aromatic heterocycles. The minimum Gasteiger partial charge on any atom is -0.480 e. The van der Waals surface area contributed by atoms with E-state index in [2.05, 4.69) is 0 Å². The molecule has 1 rings (SSSR count). The van der Waals surface area contributed by atoms with Gasteiger partial charge in [-0.1, -0.05) is 20.8 Å². The van der Waals surface area contributed by atoms with Gasteiger partial charge in [-0.3, -0.25) is 4.79 Å². The number of amides is 1. The van der Waals surface area contributed by atoms with Gasteiger partial charge in [0.2, 0.25) is 5.91 Å². The van der Waals surface area contributed by atoms with Crippen LogP contribution in [0, 0.1) is 5.41 Å². The third-order valence-corrected chi connectivity index (χ3v) is 2.21. The van der Waals surface area contributed by atoms with Gasteiger partial charge >= 0.3 is 5.97 Å². The van der Waals surface area contributed by atoms with Crippen LogP contribution in [-0.2, 0) is 9.59 Å². The van der Waals surface area contributed by atoms with Crippen LogP contribution in [0.5, 0.6) is 0 Å². The van der Waals surface area contributed by atoms with Crippen LogP contribution in [0.4, 0.5) is 0 Å². The van der Waals surface area contributed by atoms with E-state index in [1.54, 1.807) is 20.8 Å². The predicted octanol–water partition coefficient (Wildman–Crippen LogP) is 0.718. The van der Waals surface area contributed by atoms with Gasteiger partial charge in [-0.2, -0.15) is 0 Å². The minimum absolute atomic E-state index is 0.0776. The fraction of sp³-hybridized carbons (Fsp3) is 0.778. The molecular formula is C9H15NO3. The van der Waals surface area contributed by atoms with Crippen LogP contribution in [0.1, 0.15) is 27.2 Å². The van der Waals surface area contributed by atoms with E-state index < -0.39 is 17.4 Å². The van der Waals surface area contributed by atoms with Crippen molar-refractivity contribution in [3.63, 3.8) is 0 Å². The summed E-state index contributed by atoms with van der Waals surface area (Å²) < 4.78 is 0. The van der Waals surface area contributed by atoms with Gasteiger partial charge in [0.25, 0.3) is 0 Å². The average Bonchev–Trinajstić information content (AvgIpc) is 1.80. The van der Waals surface area contributed by atoms with Gasteiger partial charge in [-0.05, 0) is 6.42 Å². The van der Waals surface area contributed by atoms with Gasteiger partial charge in [0.1, 0.15) is 6.04 Å². The zero-order chi connectivity index (χ0) is 10.2. The maximum absolute atomic E-state index is 11.6. The number of carbonyl (C=O) groups excluding carboxylic acids is 1. The van der Waals surface area contributed by atoms with Gasteiger partial charge in [0.05, 0.1) is 0 Å². The number of carboxylic acid groups (broad SMARTS) is 1. The molecule has 0 radical (unpaired) electrons. The lowest BCUT2D eigenvalue weighted by Crippen LogP contribution is -2.57. The van der Waals surface area contributed by atoms with E-state index in [-0.39, 0.29) is 5.91 Å². The molecule has 0 saturated carbocycles. The first-order valence-corrected chi connectivity index (χ1v) is 4.38. The first-order valence-electron chi connectivity index (χ1n) is 4.38. The van der Waals surface area contributed by atoms with Crippen molar-refractivity contribution < 1.29 is 14.7 Å². The third-order valence-electron chi connectivity index (χ3n) is 2.21. The highest BCUT2D eigenvalue weighted by Crippen LogP contribution is 2.25. The summed E-state index contributed by atoms with van der Waals surface area (Å²) in [4.78, 5) is 23.7. The van der Waals surface area contributed by atoms with Crippen LogP contribution in [0.2, 0.25) is 0 Å². The lowest BCUT2D eigenvalue weighted by atomic mass is 9.90. The van der Waals surface area contributed by atoms with Crippen molar-refractivity contribution in [2.45, 2.75) is 33.2 Å². The number of carboxylic acids is 1. The molecule has 74 valence electrons. The molecule has 1 saturated heterocycles. The number of hydrogen-bond donors (Lipinski definition) is 1. The molecule has 0 spiro atoms. The monoisotopic (exact) mass is 185 g/mol. The standard InChI is InChI=1S/C9H15NO3/c1-9(2,3)8(13)10-5-4-6(10)7(11)12/h6H,4-5H2,1-3H3,(H,11,12)/t6-/m0/s1. The second-order valence-corrected chi connectivity index (χ2v) is 4.39. The Kier molecular flexibility index (Phi) is 2.32. The Bertz CT molecular complexity index is 242. The van der Waals surface area contributed by atoms with E-state index in [1.165, 1.54) is 4.90 Å². The van der Waals surface area contributed by atoms with Gasteiger partial charge in [-0.25, -0.2) is 4.79 Å². The van der Waals surface area contributed by atoms with Gasteiger partial charge in [-0.15, -0.1) is 0 Å². The lowest BCUT2D eigenvalue weighted by Gasteiger charge is -2.41. The van der Waals surface area contributed by atoms with Crippen LogP contribution < -0.4 is 0 Å². The quantitative estimate of drug-likeness (QED) is 0.654. The van der Waals surface area contributed by atoms with E-state index in [4.69, 9.17) is 5.11 Å². The highest BCUT2D eigenvalue weighted by molar-refractivity contribution is 5.88. The summed E-state index contributed by atoms with van der Waals surface area (Å²) in [7, 11) is 0. The van der Waals surface area contributed by atoms with Crippen molar-refractivity contribution in [1.82, 2.24) is 4.90 Å². The van der Waals surface area contributed by atoms with E-state index in [0.717, 1.165) is 0 Å². The topological polar surface area (TPSA) is 57.6 Å². The minimum atomic E-state index is -0.899. The number of carbonyl (C=O) groups is 2. The first kappa shape index (κ1) is 10.0. The Morgan fingerprint density at radius 2 is 1.92 bits per heavy atom. The van der Waals surface area contributed by atoms with Crippen LogP contribution in [0.25, 0.3) is 0 Å². The highest BCUT2D eigenvalue weighted by Gasteiger charge is 2.41. The zero-order valence-corrected chi connectivity index (χ0v) is 8.20. The van der Waals surface area contributed by atoms with Crippen molar-refractivity contribution in [2.75, 3.05) is 6.54 Å². The summed E-state index contributed by atoms with van der Waals surface area (Å²) in [5.41, 5.74) is -0.478. The Morgan fingerprint density at radius 1 is 1.38 bits per heavy atom. The Labute approximate surface area is 77.5 Å². The fourth-order valence-electron chi connectivity index (χ4n) is 1.32. The number of likely N-dealkylation sites (tertiary alicyclic amines) is 1. The summed E-state index contributed by atoms with van der Waals surface area (Å²) in [6.45, 7) is 5.97. The molecule has 0 aromatic rings. The molecule has 0 bridgehead atoms. The van der Waals surface area contributed by atoms with E-state index >= 15 is 0 Å². The maximum atomic E-state index is 11.6. The predicted molar refractivity (Wildman–Crippen MR) is 47.2 cm³/mol.